The monoisotopic (exact) mass is 259 g/mol. The third kappa shape index (κ3) is 4.52. The Morgan fingerprint density at radius 1 is 1.11 bits per heavy atom. The van der Waals surface area contributed by atoms with Crippen molar-refractivity contribution in [2.75, 3.05) is 34.2 Å². The average Bonchev–Trinajstić information content (AvgIpc) is 2.32. The number of likely N-dealkylation sites (N-methyl/N-ethyl adjacent to an activating group) is 2. The van der Waals surface area contributed by atoms with E-state index < -0.39 is 11.5 Å². The van der Waals surface area contributed by atoms with Gasteiger partial charge in [0.1, 0.15) is 5.54 Å². The van der Waals surface area contributed by atoms with Crippen molar-refractivity contribution in [2.24, 2.45) is 0 Å². The van der Waals surface area contributed by atoms with E-state index in [0.717, 1.165) is 6.54 Å². The molecule has 0 aliphatic heterocycles. The van der Waals surface area contributed by atoms with Crippen LogP contribution in [0.4, 0.5) is 4.79 Å². The van der Waals surface area contributed by atoms with E-state index in [1.165, 1.54) is 4.90 Å². The molecule has 0 fully saturated rings. The number of rotatable bonds is 7. The highest BCUT2D eigenvalue weighted by molar-refractivity contribution is 5.86. The van der Waals surface area contributed by atoms with Crippen LogP contribution in [0.5, 0.6) is 0 Å². The lowest BCUT2D eigenvalue weighted by atomic mass is 9.93. The minimum atomic E-state index is -1.16. The van der Waals surface area contributed by atoms with E-state index in [1.54, 1.807) is 20.9 Å². The van der Waals surface area contributed by atoms with E-state index in [0.29, 0.717) is 19.4 Å². The minimum absolute atomic E-state index is 0.344. The second-order valence-electron chi connectivity index (χ2n) is 4.75. The van der Waals surface area contributed by atoms with Crippen molar-refractivity contribution in [3.05, 3.63) is 0 Å². The molecule has 0 atom stereocenters. The molecule has 0 aliphatic rings. The number of carbonyl (C=O) groups is 2. The van der Waals surface area contributed by atoms with Crippen molar-refractivity contribution in [3.63, 3.8) is 0 Å². The van der Waals surface area contributed by atoms with Crippen LogP contribution in [0.2, 0.25) is 0 Å². The molecule has 2 amide bonds. The number of hydrogen-bond donors (Lipinski definition) is 2. The molecule has 6 nitrogen and oxygen atoms in total. The lowest BCUT2D eigenvalue weighted by Crippen LogP contribution is -2.57. The zero-order valence-corrected chi connectivity index (χ0v) is 12.0. The van der Waals surface area contributed by atoms with Gasteiger partial charge in [0.15, 0.2) is 0 Å². The summed E-state index contributed by atoms with van der Waals surface area (Å²) in [6.45, 7) is 4.82. The Kier molecular flexibility index (Phi) is 6.68. The highest BCUT2D eigenvalue weighted by Gasteiger charge is 2.37. The molecule has 0 aromatic carbocycles. The summed E-state index contributed by atoms with van der Waals surface area (Å²) in [5.41, 5.74) is -1.16. The fourth-order valence-electron chi connectivity index (χ4n) is 1.53. The van der Waals surface area contributed by atoms with Gasteiger partial charge in [0.2, 0.25) is 0 Å². The van der Waals surface area contributed by atoms with Gasteiger partial charge in [0.05, 0.1) is 0 Å². The van der Waals surface area contributed by atoms with Crippen molar-refractivity contribution in [2.45, 2.75) is 32.2 Å². The molecule has 18 heavy (non-hydrogen) atoms. The molecule has 0 bridgehead atoms. The summed E-state index contributed by atoms with van der Waals surface area (Å²) in [7, 11) is 5.51. The van der Waals surface area contributed by atoms with E-state index in [9.17, 15) is 14.7 Å². The summed E-state index contributed by atoms with van der Waals surface area (Å²) >= 11 is 0. The van der Waals surface area contributed by atoms with Crippen LogP contribution in [0.25, 0.3) is 0 Å². The first kappa shape index (κ1) is 16.7. The minimum Gasteiger partial charge on any atom is -0.480 e. The maximum Gasteiger partial charge on any atom is 0.329 e. The molecular formula is C12H25N3O3. The number of carboxylic acids is 1. The number of urea groups is 1. The van der Waals surface area contributed by atoms with Gasteiger partial charge in [0, 0.05) is 20.1 Å². The molecule has 0 radical (unpaired) electrons. The van der Waals surface area contributed by atoms with Crippen molar-refractivity contribution in [1.29, 1.82) is 0 Å². The second-order valence-corrected chi connectivity index (χ2v) is 4.75. The van der Waals surface area contributed by atoms with Crippen LogP contribution in [0, 0.1) is 0 Å². The van der Waals surface area contributed by atoms with Gasteiger partial charge in [-0.3, -0.25) is 0 Å². The predicted molar refractivity (Wildman–Crippen MR) is 70.7 cm³/mol. The summed E-state index contributed by atoms with van der Waals surface area (Å²) in [4.78, 5) is 26.7. The van der Waals surface area contributed by atoms with Crippen LogP contribution in [0.15, 0.2) is 0 Å². The average molecular weight is 259 g/mol. The highest BCUT2D eigenvalue weighted by atomic mass is 16.4. The van der Waals surface area contributed by atoms with E-state index in [2.05, 4.69) is 5.32 Å². The quantitative estimate of drug-likeness (QED) is 0.710. The molecule has 0 saturated carbocycles. The SMILES string of the molecule is CCC(CC)(NC(=O)N(C)CCN(C)C)C(=O)O. The number of aliphatic carboxylic acids is 1. The second kappa shape index (κ2) is 7.20. The van der Waals surface area contributed by atoms with Gasteiger partial charge in [-0.25, -0.2) is 9.59 Å². The number of carboxylic acid groups (broad SMARTS) is 1. The maximum absolute atomic E-state index is 11.9. The van der Waals surface area contributed by atoms with Gasteiger partial charge in [-0.2, -0.15) is 0 Å². The molecule has 0 aliphatic carbocycles. The molecule has 106 valence electrons. The summed E-state index contributed by atoms with van der Waals surface area (Å²) in [6.07, 6.45) is 0.734. The molecule has 0 aromatic rings. The standard InChI is InChI=1S/C12H25N3O3/c1-6-12(7-2,10(16)17)13-11(18)15(5)9-8-14(3)4/h6-9H2,1-5H3,(H,13,18)(H,16,17). The maximum atomic E-state index is 11.9. The fraction of sp³-hybridized carbons (Fsp3) is 0.833. The van der Waals surface area contributed by atoms with E-state index in [4.69, 9.17) is 0 Å². The third-order valence-electron chi connectivity index (χ3n) is 3.19. The topological polar surface area (TPSA) is 72.9 Å². The van der Waals surface area contributed by atoms with Gasteiger partial charge >= 0.3 is 12.0 Å². The fourth-order valence-corrected chi connectivity index (χ4v) is 1.53. The Hall–Kier alpha value is -1.30. The van der Waals surface area contributed by atoms with Crippen LogP contribution >= 0.6 is 0 Å². The Morgan fingerprint density at radius 3 is 1.94 bits per heavy atom. The van der Waals surface area contributed by atoms with Gasteiger partial charge in [-0.05, 0) is 26.9 Å². The first-order valence-electron chi connectivity index (χ1n) is 6.20. The van der Waals surface area contributed by atoms with Gasteiger partial charge in [-0.15, -0.1) is 0 Å². The Morgan fingerprint density at radius 2 is 1.61 bits per heavy atom. The first-order chi connectivity index (χ1) is 8.29. The van der Waals surface area contributed by atoms with Crippen molar-refractivity contribution in [3.8, 4) is 0 Å². The Labute approximate surface area is 109 Å². The summed E-state index contributed by atoms with van der Waals surface area (Å²) < 4.78 is 0. The van der Waals surface area contributed by atoms with Crippen LogP contribution in [-0.4, -0.2) is 66.7 Å². The van der Waals surface area contributed by atoms with Crippen LogP contribution in [0.3, 0.4) is 0 Å². The van der Waals surface area contributed by atoms with E-state index >= 15 is 0 Å². The molecular weight excluding hydrogens is 234 g/mol. The zero-order valence-electron chi connectivity index (χ0n) is 12.0. The number of nitrogens with zero attached hydrogens (tertiary/aromatic N) is 2. The summed E-state index contributed by atoms with van der Waals surface area (Å²) in [5.74, 6) is -0.984. The van der Waals surface area contributed by atoms with Crippen molar-refractivity contribution in [1.82, 2.24) is 15.1 Å². The molecule has 0 heterocycles. The van der Waals surface area contributed by atoms with Crippen LogP contribution < -0.4 is 5.32 Å². The summed E-state index contributed by atoms with van der Waals surface area (Å²) in [6, 6.07) is -0.344. The lowest BCUT2D eigenvalue weighted by Gasteiger charge is -2.31. The Bertz CT molecular complexity index is 288. The third-order valence-corrected chi connectivity index (χ3v) is 3.19. The Balaban J connectivity index is 4.56. The lowest BCUT2D eigenvalue weighted by molar-refractivity contribution is -0.144. The van der Waals surface area contributed by atoms with E-state index in [1.807, 2.05) is 19.0 Å². The molecule has 0 rings (SSSR count). The molecule has 0 unspecified atom stereocenters. The molecule has 6 heteroatoms. The number of amides is 2. The molecule has 2 N–H and O–H groups in total. The first-order valence-corrected chi connectivity index (χ1v) is 6.20. The molecule has 0 aromatic heterocycles. The van der Waals surface area contributed by atoms with E-state index in [-0.39, 0.29) is 6.03 Å². The predicted octanol–water partition coefficient (Wildman–Crippen LogP) is 0.833. The zero-order chi connectivity index (χ0) is 14.3. The van der Waals surface area contributed by atoms with Gasteiger partial charge < -0.3 is 20.2 Å². The number of hydrogen-bond acceptors (Lipinski definition) is 3. The van der Waals surface area contributed by atoms with Crippen molar-refractivity contribution >= 4 is 12.0 Å². The number of nitrogens with one attached hydrogen (secondary N) is 1. The summed E-state index contributed by atoms with van der Waals surface area (Å²) in [5, 5.41) is 11.9. The normalized spacial score (nSPS) is 11.4. The number of carbonyl (C=O) groups excluding carboxylic acids is 1. The largest absolute Gasteiger partial charge is 0.480 e. The van der Waals surface area contributed by atoms with Crippen LogP contribution in [-0.2, 0) is 4.79 Å². The van der Waals surface area contributed by atoms with Crippen molar-refractivity contribution < 1.29 is 14.7 Å². The van der Waals surface area contributed by atoms with Gasteiger partial charge in [0.25, 0.3) is 0 Å². The molecule has 0 saturated heterocycles. The van der Waals surface area contributed by atoms with Crippen LogP contribution in [0.1, 0.15) is 26.7 Å². The molecule has 0 spiro atoms. The van der Waals surface area contributed by atoms with Gasteiger partial charge in [-0.1, -0.05) is 13.8 Å². The smallest absolute Gasteiger partial charge is 0.329 e. The highest BCUT2D eigenvalue weighted by Crippen LogP contribution is 2.15.